The van der Waals surface area contributed by atoms with Crippen LogP contribution in [0.15, 0.2) is 102 Å². The smallest absolute Gasteiger partial charge is 0.262 e. The molecule has 0 atom stereocenters. The number of anilines is 1. The predicted octanol–water partition coefficient (Wildman–Crippen LogP) is 5.68. The van der Waals surface area contributed by atoms with Gasteiger partial charge < -0.3 is 14.8 Å². The van der Waals surface area contributed by atoms with E-state index in [0.717, 1.165) is 16.7 Å². The normalized spacial score (nSPS) is 13.4. The largest absolute Gasteiger partial charge is 0.489 e. The first-order valence-electron chi connectivity index (χ1n) is 12.4. The Bertz CT molecular complexity index is 1560. The SMILES string of the molecule is O=C(COc1ccc(S(=O)(=O)N2CCc3ccccc3C2)cc1Cl)Nc1ccc(OCc2ccccc2)cc1. The molecule has 39 heavy (non-hydrogen) atoms. The van der Waals surface area contributed by atoms with Gasteiger partial charge >= 0.3 is 0 Å². The molecule has 0 aromatic heterocycles. The molecular weight excluding hydrogens is 536 g/mol. The van der Waals surface area contributed by atoms with E-state index in [-0.39, 0.29) is 28.2 Å². The zero-order valence-corrected chi connectivity index (χ0v) is 22.6. The molecule has 1 aliphatic rings. The van der Waals surface area contributed by atoms with E-state index in [1.165, 1.54) is 22.5 Å². The topological polar surface area (TPSA) is 84.9 Å². The minimum atomic E-state index is -3.74. The number of nitrogens with one attached hydrogen (secondary N) is 1. The van der Waals surface area contributed by atoms with Crippen molar-refractivity contribution >= 4 is 33.2 Å². The molecule has 0 bridgehead atoms. The van der Waals surface area contributed by atoms with E-state index in [4.69, 9.17) is 21.1 Å². The van der Waals surface area contributed by atoms with Crippen LogP contribution in [0.4, 0.5) is 5.69 Å². The summed E-state index contributed by atoms with van der Waals surface area (Å²) >= 11 is 6.34. The third kappa shape index (κ3) is 6.60. The van der Waals surface area contributed by atoms with Crippen molar-refractivity contribution in [2.75, 3.05) is 18.5 Å². The summed E-state index contributed by atoms with van der Waals surface area (Å²) in [6.07, 6.45) is 0.656. The number of fused-ring (bicyclic) bond motifs is 1. The predicted molar refractivity (Wildman–Crippen MR) is 151 cm³/mol. The van der Waals surface area contributed by atoms with Gasteiger partial charge in [0, 0.05) is 18.8 Å². The highest BCUT2D eigenvalue weighted by Crippen LogP contribution is 2.31. The standard InChI is InChI=1S/C30H27ClN2O5S/c31-28-18-27(39(35,36)33-17-16-23-8-4-5-9-24(23)19-33)14-15-29(28)38-21-30(34)32-25-10-12-26(13-11-25)37-20-22-6-2-1-3-7-22/h1-15,18H,16-17,19-21H2,(H,32,34). The van der Waals surface area contributed by atoms with Crippen LogP contribution in [0.5, 0.6) is 11.5 Å². The number of carbonyl (C=O) groups is 1. The second kappa shape index (κ2) is 11.9. The Balaban J connectivity index is 1.14. The van der Waals surface area contributed by atoms with Crippen molar-refractivity contribution in [3.63, 3.8) is 0 Å². The molecule has 0 fully saturated rings. The molecule has 1 aliphatic heterocycles. The molecule has 200 valence electrons. The van der Waals surface area contributed by atoms with Crippen LogP contribution in [0.2, 0.25) is 5.02 Å². The number of carbonyl (C=O) groups excluding carboxylic acids is 1. The highest BCUT2D eigenvalue weighted by Gasteiger charge is 2.28. The van der Waals surface area contributed by atoms with Gasteiger partial charge in [-0.3, -0.25) is 4.79 Å². The van der Waals surface area contributed by atoms with Crippen molar-refractivity contribution in [2.45, 2.75) is 24.5 Å². The van der Waals surface area contributed by atoms with Crippen molar-refractivity contribution in [1.82, 2.24) is 4.31 Å². The molecule has 0 unspecified atom stereocenters. The summed E-state index contributed by atoms with van der Waals surface area (Å²) in [7, 11) is -3.74. The van der Waals surface area contributed by atoms with Crippen LogP contribution in [0.25, 0.3) is 0 Å². The summed E-state index contributed by atoms with van der Waals surface area (Å²) in [5.74, 6) is 0.524. The highest BCUT2D eigenvalue weighted by molar-refractivity contribution is 7.89. The Kier molecular flexibility index (Phi) is 8.16. The van der Waals surface area contributed by atoms with Gasteiger partial charge in [-0.05, 0) is 65.6 Å². The number of nitrogens with zero attached hydrogens (tertiary/aromatic N) is 1. The third-order valence-electron chi connectivity index (χ3n) is 6.38. The number of ether oxygens (including phenoxy) is 2. The number of rotatable bonds is 9. The Labute approximate surface area is 233 Å². The van der Waals surface area contributed by atoms with E-state index < -0.39 is 10.0 Å². The van der Waals surface area contributed by atoms with Gasteiger partial charge in [0.1, 0.15) is 18.1 Å². The molecular formula is C30H27ClN2O5S. The lowest BCUT2D eigenvalue weighted by Crippen LogP contribution is -2.35. The van der Waals surface area contributed by atoms with Gasteiger partial charge in [0.15, 0.2) is 6.61 Å². The average molecular weight is 563 g/mol. The first kappa shape index (κ1) is 26.7. The summed E-state index contributed by atoms with van der Waals surface area (Å²) in [4.78, 5) is 12.5. The second-order valence-corrected chi connectivity index (χ2v) is 11.4. The Hall–Kier alpha value is -3.85. The zero-order chi connectivity index (χ0) is 27.2. The fourth-order valence-corrected chi connectivity index (χ4v) is 6.04. The van der Waals surface area contributed by atoms with Gasteiger partial charge in [0.25, 0.3) is 5.91 Å². The minimum Gasteiger partial charge on any atom is -0.489 e. The van der Waals surface area contributed by atoms with Crippen molar-refractivity contribution < 1.29 is 22.7 Å². The Morgan fingerprint density at radius 3 is 2.33 bits per heavy atom. The molecule has 0 saturated carbocycles. The molecule has 9 heteroatoms. The van der Waals surface area contributed by atoms with E-state index in [1.807, 2.05) is 54.6 Å². The number of hydrogen-bond donors (Lipinski definition) is 1. The maximum atomic E-state index is 13.2. The lowest BCUT2D eigenvalue weighted by molar-refractivity contribution is -0.118. The van der Waals surface area contributed by atoms with E-state index >= 15 is 0 Å². The van der Waals surface area contributed by atoms with Crippen LogP contribution < -0.4 is 14.8 Å². The van der Waals surface area contributed by atoms with Crippen LogP contribution >= 0.6 is 11.6 Å². The van der Waals surface area contributed by atoms with Crippen molar-refractivity contribution in [2.24, 2.45) is 0 Å². The monoisotopic (exact) mass is 562 g/mol. The molecule has 0 radical (unpaired) electrons. The summed E-state index contributed by atoms with van der Waals surface area (Å²) in [5.41, 5.74) is 3.81. The molecule has 7 nitrogen and oxygen atoms in total. The van der Waals surface area contributed by atoms with Crippen LogP contribution in [-0.4, -0.2) is 31.8 Å². The van der Waals surface area contributed by atoms with Crippen LogP contribution in [0.1, 0.15) is 16.7 Å². The van der Waals surface area contributed by atoms with E-state index in [2.05, 4.69) is 5.32 Å². The van der Waals surface area contributed by atoms with Crippen molar-refractivity contribution in [3.05, 3.63) is 119 Å². The molecule has 5 rings (SSSR count). The first-order valence-corrected chi connectivity index (χ1v) is 14.3. The maximum absolute atomic E-state index is 13.2. The molecule has 0 saturated heterocycles. The highest BCUT2D eigenvalue weighted by atomic mass is 35.5. The number of benzene rings is 4. The number of amides is 1. The van der Waals surface area contributed by atoms with Gasteiger partial charge in [-0.1, -0.05) is 66.2 Å². The van der Waals surface area contributed by atoms with E-state index in [9.17, 15) is 13.2 Å². The van der Waals surface area contributed by atoms with E-state index in [0.29, 0.717) is 37.6 Å². The molecule has 0 spiro atoms. The molecule has 1 amide bonds. The molecule has 4 aromatic carbocycles. The van der Waals surface area contributed by atoms with Crippen LogP contribution in [-0.2, 0) is 34.4 Å². The summed E-state index contributed by atoms with van der Waals surface area (Å²) < 4.78 is 39.2. The summed E-state index contributed by atoms with van der Waals surface area (Å²) in [6.45, 7) is 0.873. The van der Waals surface area contributed by atoms with Gasteiger partial charge in [-0.15, -0.1) is 0 Å². The second-order valence-electron chi connectivity index (χ2n) is 9.09. The molecule has 4 aromatic rings. The van der Waals surface area contributed by atoms with Crippen LogP contribution in [0.3, 0.4) is 0 Å². The minimum absolute atomic E-state index is 0.0817. The lowest BCUT2D eigenvalue weighted by Gasteiger charge is -2.28. The lowest BCUT2D eigenvalue weighted by atomic mass is 10.0. The number of halogens is 1. The van der Waals surface area contributed by atoms with Gasteiger partial charge in [-0.25, -0.2) is 8.42 Å². The Morgan fingerprint density at radius 1 is 0.872 bits per heavy atom. The fraction of sp³-hybridized carbons (Fsp3) is 0.167. The number of hydrogen-bond acceptors (Lipinski definition) is 5. The summed E-state index contributed by atoms with van der Waals surface area (Å²) in [6, 6.07) is 29.0. The van der Waals surface area contributed by atoms with Gasteiger partial charge in [-0.2, -0.15) is 4.31 Å². The quantitative estimate of drug-likeness (QED) is 0.283. The molecule has 1 N–H and O–H groups in total. The number of sulfonamides is 1. The molecule has 1 heterocycles. The first-order chi connectivity index (χ1) is 18.9. The zero-order valence-electron chi connectivity index (χ0n) is 21.0. The average Bonchev–Trinajstić information content (AvgIpc) is 2.96. The van der Waals surface area contributed by atoms with Gasteiger partial charge in [0.05, 0.1) is 9.92 Å². The van der Waals surface area contributed by atoms with Crippen molar-refractivity contribution in [3.8, 4) is 11.5 Å². The third-order valence-corrected chi connectivity index (χ3v) is 8.52. The summed E-state index contributed by atoms with van der Waals surface area (Å²) in [5, 5.41) is 2.87. The van der Waals surface area contributed by atoms with Crippen molar-refractivity contribution in [1.29, 1.82) is 0 Å². The fourth-order valence-electron chi connectivity index (χ4n) is 4.30. The Morgan fingerprint density at radius 2 is 1.59 bits per heavy atom. The van der Waals surface area contributed by atoms with E-state index in [1.54, 1.807) is 24.3 Å². The molecule has 0 aliphatic carbocycles. The maximum Gasteiger partial charge on any atom is 0.262 e. The van der Waals surface area contributed by atoms with Crippen LogP contribution in [0, 0.1) is 0 Å². The van der Waals surface area contributed by atoms with Gasteiger partial charge in [0.2, 0.25) is 10.0 Å².